The van der Waals surface area contributed by atoms with E-state index in [1.54, 1.807) is 16.2 Å². The summed E-state index contributed by atoms with van der Waals surface area (Å²) in [6.07, 6.45) is 1.46. The van der Waals surface area contributed by atoms with Crippen LogP contribution >= 0.6 is 22.7 Å². The molecule has 1 aliphatic heterocycles. The average Bonchev–Trinajstić information content (AvgIpc) is 3.49. The van der Waals surface area contributed by atoms with Crippen LogP contribution in [0.5, 0.6) is 11.5 Å². The van der Waals surface area contributed by atoms with Crippen LogP contribution in [-0.2, 0) is 17.9 Å². The van der Waals surface area contributed by atoms with Crippen LogP contribution in [0.15, 0.2) is 52.2 Å². The van der Waals surface area contributed by atoms with Crippen molar-refractivity contribution < 1.29 is 14.3 Å². The van der Waals surface area contributed by atoms with E-state index in [0.717, 1.165) is 16.0 Å². The fourth-order valence-electron chi connectivity index (χ4n) is 3.78. The molecule has 0 bridgehead atoms. The summed E-state index contributed by atoms with van der Waals surface area (Å²) in [5.74, 6) is 1.23. The molecule has 1 amide bonds. The van der Waals surface area contributed by atoms with Crippen molar-refractivity contribution in [2.24, 2.45) is 0 Å². The summed E-state index contributed by atoms with van der Waals surface area (Å²) in [5, 5.41) is 4.50. The number of hydrogen-bond acceptors (Lipinski definition) is 7. The van der Waals surface area contributed by atoms with Crippen molar-refractivity contribution >= 4 is 38.8 Å². The second-order valence-corrected chi connectivity index (χ2v) is 9.14. The van der Waals surface area contributed by atoms with Gasteiger partial charge in [-0.25, -0.2) is 4.98 Å². The Kier molecular flexibility index (Phi) is 5.67. The lowest BCUT2D eigenvalue weighted by Gasteiger charge is -2.25. The van der Waals surface area contributed by atoms with Crippen molar-refractivity contribution in [2.75, 3.05) is 19.8 Å². The van der Waals surface area contributed by atoms with Gasteiger partial charge in [-0.3, -0.25) is 14.2 Å². The summed E-state index contributed by atoms with van der Waals surface area (Å²) in [4.78, 5) is 34.2. The molecule has 0 atom stereocenters. The predicted octanol–water partition coefficient (Wildman–Crippen LogP) is 4.01. The highest BCUT2D eigenvalue weighted by Crippen LogP contribution is 2.35. The van der Waals surface area contributed by atoms with Gasteiger partial charge in [-0.2, -0.15) is 0 Å². The monoisotopic (exact) mass is 467 g/mol. The molecule has 7 nitrogen and oxygen atoms in total. The number of aromatic nitrogens is 2. The van der Waals surface area contributed by atoms with Gasteiger partial charge in [0.05, 0.1) is 11.7 Å². The van der Waals surface area contributed by atoms with Gasteiger partial charge in [0.15, 0.2) is 11.5 Å². The van der Waals surface area contributed by atoms with E-state index in [4.69, 9.17) is 9.47 Å². The molecule has 0 N–H and O–H groups in total. The molecular formula is C23H21N3O4S2. The van der Waals surface area contributed by atoms with Gasteiger partial charge in [0.2, 0.25) is 5.91 Å². The Hall–Kier alpha value is -3.17. The minimum absolute atomic E-state index is 0.0677. The number of hydrogen-bond donors (Lipinski definition) is 0. The first-order valence-corrected chi connectivity index (χ1v) is 12.1. The molecular weight excluding hydrogens is 446 g/mol. The van der Waals surface area contributed by atoms with E-state index >= 15 is 0 Å². The largest absolute Gasteiger partial charge is 0.486 e. The minimum atomic E-state index is -0.196. The molecule has 9 heteroatoms. The van der Waals surface area contributed by atoms with E-state index in [9.17, 15) is 9.59 Å². The maximum Gasteiger partial charge on any atom is 0.263 e. The number of nitrogens with zero attached hydrogens (tertiary/aromatic N) is 3. The quantitative estimate of drug-likeness (QED) is 0.428. The van der Waals surface area contributed by atoms with Gasteiger partial charge in [0.25, 0.3) is 5.56 Å². The summed E-state index contributed by atoms with van der Waals surface area (Å²) < 4.78 is 12.8. The fraction of sp³-hybridized carbons (Fsp3) is 0.261. The van der Waals surface area contributed by atoms with E-state index in [1.807, 2.05) is 48.0 Å². The number of rotatable bonds is 6. The van der Waals surface area contributed by atoms with Crippen LogP contribution in [0.2, 0.25) is 0 Å². The highest BCUT2D eigenvalue weighted by atomic mass is 32.1. The third kappa shape index (κ3) is 3.78. The van der Waals surface area contributed by atoms with Crippen molar-refractivity contribution in [1.82, 2.24) is 14.5 Å². The number of carbonyl (C=O) groups is 1. The van der Waals surface area contributed by atoms with E-state index in [0.29, 0.717) is 48.0 Å². The zero-order valence-corrected chi connectivity index (χ0v) is 19.1. The Bertz CT molecular complexity index is 1330. The average molecular weight is 468 g/mol. The molecule has 0 saturated heterocycles. The SMILES string of the molecule is CCN(Cc1cccc2c1OCCO2)C(=O)Cn1cnc2scc(-c3cccs3)c2c1=O. The molecule has 3 aromatic heterocycles. The standard InChI is InChI=1S/C23H21N3O4S2/c1-2-25(11-15-5-3-6-17-21(15)30-9-8-29-17)19(27)12-26-14-24-22-20(23(26)28)16(13-32-22)18-7-4-10-31-18/h3-7,10,13-14H,2,8-9,11-12H2,1H3. The van der Waals surface area contributed by atoms with Gasteiger partial charge in [0, 0.05) is 34.5 Å². The molecule has 0 fully saturated rings. The molecule has 5 rings (SSSR count). The van der Waals surface area contributed by atoms with Crippen molar-refractivity contribution in [3.63, 3.8) is 0 Å². The summed E-state index contributed by atoms with van der Waals surface area (Å²) in [7, 11) is 0. The summed E-state index contributed by atoms with van der Waals surface area (Å²) in [5.41, 5.74) is 1.56. The number of para-hydroxylation sites is 1. The molecule has 0 saturated carbocycles. The number of benzene rings is 1. The van der Waals surface area contributed by atoms with Crippen LogP contribution in [0.3, 0.4) is 0 Å². The Morgan fingerprint density at radius 1 is 1.19 bits per heavy atom. The summed E-state index contributed by atoms with van der Waals surface area (Å²) in [6.45, 7) is 3.74. The van der Waals surface area contributed by atoms with Crippen LogP contribution in [0, 0.1) is 0 Å². The Morgan fingerprint density at radius 2 is 2.06 bits per heavy atom. The van der Waals surface area contributed by atoms with Gasteiger partial charge in [-0.05, 0) is 24.4 Å². The first kappa shape index (κ1) is 20.7. The lowest BCUT2D eigenvalue weighted by atomic mass is 10.1. The smallest absolute Gasteiger partial charge is 0.263 e. The molecule has 4 aromatic rings. The van der Waals surface area contributed by atoms with E-state index in [2.05, 4.69) is 4.98 Å². The molecule has 1 aliphatic rings. The van der Waals surface area contributed by atoms with Gasteiger partial charge in [-0.15, -0.1) is 22.7 Å². The summed E-state index contributed by atoms with van der Waals surface area (Å²) >= 11 is 3.02. The molecule has 32 heavy (non-hydrogen) atoms. The molecule has 0 radical (unpaired) electrons. The Labute approximate surface area is 192 Å². The minimum Gasteiger partial charge on any atom is -0.486 e. The van der Waals surface area contributed by atoms with Crippen LogP contribution in [-0.4, -0.2) is 40.1 Å². The van der Waals surface area contributed by atoms with E-state index in [1.165, 1.54) is 22.2 Å². The highest BCUT2D eigenvalue weighted by Gasteiger charge is 2.21. The van der Waals surface area contributed by atoms with Crippen molar-refractivity contribution in [3.8, 4) is 21.9 Å². The number of amides is 1. The van der Waals surface area contributed by atoms with Gasteiger partial charge >= 0.3 is 0 Å². The third-order valence-electron chi connectivity index (χ3n) is 5.40. The second-order valence-electron chi connectivity index (χ2n) is 7.33. The normalized spacial score (nSPS) is 12.8. The molecule has 4 heterocycles. The molecule has 164 valence electrons. The van der Waals surface area contributed by atoms with Crippen molar-refractivity contribution in [3.05, 3.63) is 63.3 Å². The van der Waals surface area contributed by atoms with Gasteiger partial charge < -0.3 is 14.4 Å². The van der Waals surface area contributed by atoms with Gasteiger partial charge in [0.1, 0.15) is 24.6 Å². The third-order valence-corrected chi connectivity index (χ3v) is 7.19. The predicted molar refractivity (Wildman–Crippen MR) is 126 cm³/mol. The Morgan fingerprint density at radius 3 is 2.88 bits per heavy atom. The maximum atomic E-state index is 13.2. The molecule has 0 aliphatic carbocycles. The number of thiophene rings is 2. The zero-order valence-electron chi connectivity index (χ0n) is 17.4. The molecule has 1 aromatic carbocycles. The molecule has 0 spiro atoms. The maximum absolute atomic E-state index is 13.2. The number of ether oxygens (including phenoxy) is 2. The van der Waals surface area contributed by atoms with Gasteiger partial charge in [-0.1, -0.05) is 18.2 Å². The topological polar surface area (TPSA) is 73.7 Å². The van der Waals surface area contributed by atoms with Crippen LogP contribution < -0.4 is 15.0 Å². The number of likely N-dealkylation sites (N-methyl/N-ethyl adjacent to an activating group) is 1. The fourth-order valence-corrected chi connectivity index (χ4v) is 5.50. The number of fused-ring (bicyclic) bond motifs is 2. The zero-order chi connectivity index (χ0) is 22.1. The lowest BCUT2D eigenvalue weighted by molar-refractivity contribution is -0.132. The Balaban J connectivity index is 1.41. The summed E-state index contributed by atoms with van der Waals surface area (Å²) in [6, 6.07) is 9.63. The molecule has 0 unspecified atom stereocenters. The van der Waals surface area contributed by atoms with Crippen LogP contribution in [0.1, 0.15) is 12.5 Å². The van der Waals surface area contributed by atoms with Crippen LogP contribution in [0.4, 0.5) is 0 Å². The first-order chi connectivity index (χ1) is 15.7. The second kappa shape index (κ2) is 8.76. The van der Waals surface area contributed by atoms with E-state index in [-0.39, 0.29) is 18.0 Å². The van der Waals surface area contributed by atoms with Crippen LogP contribution in [0.25, 0.3) is 20.7 Å². The number of carbonyl (C=O) groups excluding carboxylic acids is 1. The van der Waals surface area contributed by atoms with Crippen molar-refractivity contribution in [2.45, 2.75) is 20.0 Å². The first-order valence-electron chi connectivity index (χ1n) is 10.3. The highest BCUT2D eigenvalue weighted by molar-refractivity contribution is 7.18. The van der Waals surface area contributed by atoms with E-state index < -0.39 is 0 Å². The lowest BCUT2D eigenvalue weighted by Crippen LogP contribution is -2.36. The van der Waals surface area contributed by atoms with Crippen molar-refractivity contribution in [1.29, 1.82) is 0 Å².